The van der Waals surface area contributed by atoms with Crippen molar-refractivity contribution < 1.29 is 4.79 Å². The van der Waals surface area contributed by atoms with Crippen LogP contribution >= 0.6 is 27.7 Å². The Morgan fingerprint density at radius 1 is 1.60 bits per heavy atom. The van der Waals surface area contributed by atoms with Gasteiger partial charge in [-0.15, -0.1) is 10.2 Å². The number of carbonyl (C=O) groups is 1. The number of thioether (sulfide) groups is 1. The third kappa shape index (κ3) is 4.32. The van der Waals surface area contributed by atoms with Crippen LogP contribution < -0.4 is 11.3 Å². The Balaban J connectivity index is 2.98. The molecule has 0 fully saturated rings. The quantitative estimate of drug-likeness (QED) is 0.266. The molecule has 1 amide bonds. The minimum Gasteiger partial charge on any atom is -0.305 e. The van der Waals surface area contributed by atoms with E-state index in [2.05, 4.69) is 38.1 Å². The molecule has 6 nitrogen and oxygen atoms in total. The van der Waals surface area contributed by atoms with E-state index < -0.39 is 0 Å². The first-order valence-electron chi connectivity index (χ1n) is 5.71. The van der Waals surface area contributed by atoms with E-state index >= 15 is 0 Å². The average Bonchev–Trinajstić information content (AvgIpc) is 2.82. The van der Waals surface area contributed by atoms with Crippen molar-refractivity contribution in [2.24, 2.45) is 12.9 Å². The summed E-state index contributed by atoms with van der Waals surface area (Å²) in [4.78, 5) is 11.1. The fourth-order valence-corrected chi connectivity index (χ4v) is 2.28. The molecular weight excluding hydrogens is 342 g/mol. The van der Waals surface area contributed by atoms with Crippen LogP contribution in [0.5, 0.6) is 0 Å². The minimum absolute atomic E-state index is 0.189. The number of rotatable bonds is 6. The fourth-order valence-electron chi connectivity index (χ4n) is 1.31. The summed E-state index contributed by atoms with van der Waals surface area (Å²) < 4.78 is 2.73. The summed E-state index contributed by atoms with van der Waals surface area (Å²) in [7, 11) is 1.83. The van der Waals surface area contributed by atoms with Crippen molar-refractivity contribution in [3.8, 4) is 0 Å². The molecule has 0 aliphatic carbocycles. The molecule has 0 atom stereocenters. The van der Waals surface area contributed by atoms with Crippen LogP contribution in [0.4, 0.5) is 0 Å². The number of carbonyl (C=O) groups excluding carboxylic acids is 1. The molecule has 0 aromatic carbocycles. The molecule has 1 heterocycles. The van der Waals surface area contributed by atoms with Gasteiger partial charge in [-0.3, -0.25) is 10.2 Å². The maximum Gasteiger partial charge on any atom is 0.244 e. The van der Waals surface area contributed by atoms with Gasteiger partial charge in [0.1, 0.15) is 0 Å². The number of allylic oxidation sites excluding steroid dienone is 5. The molecule has 3 N–H and O–H groups in total. The van der Waals surface area contributed by atoms with Crippen LogP contribution in [-0.2, 0) is 11.8 Å². The molecule has 0 unspecified atom stereocenters. The van der Waals surface area contributed by atoms with Gasteiger partial charge in [0, 0.05) is 17.1 Å². The van der Waals surface area contributed by atoms with Crippen molar-refractivity contribution >= 4 is 39.2 Å². The smallest absolute Gasteiger partial charge is 0.244 e. The average molecular weight is 358 g/mol. The topological polar surface area (TPSA) is 85.8 Å². The van der Waals surface area contributed by atoms with Crippen molar-refractivity contribution in [3.05, 3.63) is 35.1 Å². The number of nitrogens with one attached hydrogen (secondary N) is 1. The van der Waals surface area contributed by atoms with Crippen molar-refractivity contribution in [2.75, 3.05) is 5.75 Å². The predicted molar refractivity (Wildman–Crippen MR) is 84.9 cm³/mol. The first kappa shape index (κ1) is 16.7. The van der Waals surface area contributed by atoms with E-state index in [-0.39, 0.29) is 11.7 Å². The molecule has 8 heteroatoms. The van der Waals surface area contributed by atoms with Gasteiger partial charge < -0.3 is 4.57 Å². The van der Waals surface area contributed by atoms with Crippen molar-refractivity contribution in [1.29, 1.82) is 0 Å². The lowest BCUT2D eigenvalue weighted by atomic mass is 10.2. The summed E-state index contributed by atoms with van der Waals surface area (Å²) >= 11 is 4.68. The van der Waals surface area contributed by atoms with Gasteiger partial charge in [-0.05, 0) is 13.0 Å². The van der Waals surface area contributed by atoms with E-state index in [9.17, 15) is 4.79 Å². The van der Waals surface area contributed by atoms with Gasteiger partial charge in [0.2, 0.25) is 5.91 Å². The van der Waals surface area contributed by atoms with Gasteiger partial charge in [0.05, 0.1) is 5.75 Å². The lowest BCUT2D eigenvalue weighted by Crippen LogP contribution is -2.31. The zero-order chi connectivity index (χ0) is 15.1. The second kappa shape index (κ2) is 8.03. The molecule has 0 radical (unpaired) electrons. The fraction of sp³-hybridized carbons (Fsp3) is 0.250. The first-order valence-corrected chi connectivity index (χ1v) is 7.49. The SMILES string of the molecule is C=C/C(=C\C(Br)=C/C)c1nnc(SCC(=O)NN)n1C. The largest absolute Gasteiger partial charge is 0.305 e. The Kier molecular flexibility index (Phi) is 6.69. The summed E-state index contributed by atoms with van der Waals surface area (Å²) in [5.41, 5.74) is 2.90. The van der Waals surface area contributed by atoms with Crippen LogP contribution in [0.1, 0.15) is 12.7 Å². The number of amides is 1. The lowest BCUT2D eigenvalue weighted by molar-refractivity contribution is -0.118. The van der Waals surface area contributed by atoms with Gasteiger partial charge in [0.25, 0.3) is 0 Å². The molecule has 20 heavy (non-hydrogen) atoms. The van der Waals surface area contributed by atoms with Gasteiger partial charge in [-0.25, -0.2) is 5.84 Å². The molecule has 1 aromatic rings. The number of aromatic nitrogens is 3. The number of hydrogen-bond donors (Lipinski definition) is 2. The van der Waals surface area contributed by atoms with E-state index in [1.807, 2.05) is 26.1 Å². The molecule has 0 aliphatic rings. The number of hydrazine groups is 1. The summed E-state index contributed by atoms with van der Waals surface area (Å²) in [6.07, 6.45) is 5.52. The third-order valence-electron chi connectivity index (χ3n) is 2.38. The Morgan fingerprint density at radius 3 is 2.85 bits per heavy atom. The maximum absolute atomic E-state index is 11.1. The molecule has 0 aliphatic heterocycles. The monoisotopic (exact) mass is 357 g/mol. The normalized spacial score (nSPS) is 12.4. The highest BCUT2D eigenvalue weighted by atomic mass is 79.9. The van der Waals surface area contributed by atoms with E-state index in [0.717, 1.165) is 10.1 Å². The Labute approximate surface area is 130 Å². The summed E-state index contributed by atoms with van der Waals surface area (Å²) in [5.74, 6) is 5.63. The van der Waals surface area contributed by atoms with Gasteiger partial charge >= 0.3 is 0 Å². The van der Waals surface area contributed by atoms with E-state index in [1.54, 1.807) is 10.6 Å². The summed E-state index contributed by atoms with van der Waals surface area (Å²) in [6, 6.07) is 0. The van der Waals surface area contributed by atoms with Gasteiger partial charge in [-0.2, -0.15) is 0 Å². The highest BCUT2D eigenvalue weighted by molar-refractivity contribution is 9.11. The molecule has 0 saturated heterocycles. The number of halogens is 1. The zero-order valence-corrected chi connectivity index (χ0v) is 13.7. The van der Waals surface area contributed by atoms with E-state index in [0.29, 0.717) is 11.0 Å². The van der Waals surface area contributed by atoms with Crippen LogP contribution in [0.25, 0.3) is 5.57 Å². The van der Waals surface area contributed by atoms with Crippen LogP contribution in [0.2, 0.25) is 0 Å². The van der Waals surface area contributed by atoms with Crippen LogP contribution in [0.15, 0.2) is 34.4 Å². The van der Waals surface area contributed by atoms with Crippen molar-refractivity contribution in [2.45, 2.75) is 12.1 Å². The highest BCUT2D eigenvalue weighted by Gasteiger charge is 2.13. The second-order valence-corrected chi connectivity index (χ2v) is 5.56. The molecule has 1 aromatic heterocycles. The van der Waals surface area contributed by atoms with Crippen molar-refractivity contribution in [3.63, 3.8) is 0 Å². The standard InChI is InChI=1S/C12H16BrN5OS/c1-4-8(6-9(13)5-2)11-16-17-12(18(11)3)20-7-10(19)15-14/h4-6H,1,7,14H2,2-3H3,(H,15,19)/b8-6+,9-5+. The first-order chi connectivity index (χ1) is 9.53. The maximum atomic E-state index is 11.1. The number of nitrogens with two attached hydrogens (primary N) is 1. The van der Waals surface area contributed by atoms with E-state index in [4.69, 9.17) is 5.84 Å². The van der Waals surface area contributed by atoms with Gasteiger partial charge in [-0.1, -0.05) is 46.4 Å². The summed E-state index contributed by atoms with van der Waals surface area (Å²) in [6.45, 7) is 5.70. The Bertz CT molecular complexity index is 564. The molecule has 1 rings (SSSR count). The highest BCUT2D eigenvalue weighted by Crippen LogP contribution is 2.22. The molecule has 108 valence electrons. The van der Waals surface area contributed by atoms with Crippen LogP contribution in [-0.4, -0.2) is 26.4 Å². The second-order valence-electron chi connectivity index (χ2n) is 3.70. The number of nitrogens with zero attached hydrogens (tertiary/aromatic N) is 3. The van der Waals surface area contributed by atoms with Crippen LogP contribution in [0.3, 0.4) is 0 Å². The molecular formula is C12H16BrN5OS. The lowest BCUT2D eigenvalue weighted by Gasteiger charge is -2.04. The third-order valence-corrected chi connectivity index (χ3v) is 4.08. The molecule has 0 spiro atoms. The van der Waals surface area contributed by atoms with Crippen molar-refractivity contribution in [1.82, 2.24) is 20.2 Å². The molecule has 0 bridgehead atoms. The van der Waals surface area contributed by atoms with E-state index in [1.165, 1.54) is 11.8 Å². The predicted octanol–water partition coefficient (Wildman–Crippen LogP) is 1.77. The molecule has 0 saturated carbocycles. The van der Waals surface area contributed by atoms with Gasteiger partial charge in [0.15, 0.2) is 11.0 Å². The summed E-state index contributed by atoms with van der Waals surface area (Å²) in [5, 5.41) is 8.81. The Morgan fingerprint density at radius 2 is 2.30 bits per heavy atom. The number of hydrogen-bond acceptors (Lipinski definition) is 5. The Hall–Kier alpha value is -1.38. The minimum atomic E-state index is -0.268. The van der Waals surface area contributed by atoms with Crippen LogP contribution in [0, 0.1) is 0 Å². The zero-order valence-electron chi connectivity index (χ0n) is 11.3.